The summed E-state index contributed by atoms with van der Waals surface area (Å²) >= 11 is 0. The third-order valence-corrected chi connectivity index (χ3v) is 4.92. The molecule has 5 nitrogen and oxygen atoms in total. The Morgan fingerprint density at radius 3 is 2.52 bits per heavy atom. The highest BCUT2D eigenvalue weighted by molar-refractivity contribution is 5.95. The van der Waals surface area contributed by atoms with Crippen molar-refractivity contribution in [3.63, 3.8) is 0 Å². The number of hydrogen-bond acceptors (Lipinski definition) is 3. The number of amides is 2. The van der Waals surface area contributed by atoms with Gasteiger partial charge >= 0.3 is 0 Å². The van der Waals surface area contributed by atoms with Gasteiger partial charge < -0.3 is 10.6 Å². The topological polar surface area (TPSA) is 61.4 Å². The number of hydrogen-bond donors (Lipinski definition) is 2. The standard InChI is InChI=1S/C21H24FN3O2/c1-15(20(26)24-19-12-6-5-11-18(19)22)25-13-7-8-16(14-25)21(27)23-17-9-3-2-4-10-17/h2-6,9-12,15-16H,7-8,13-14H2,1H3,(H,23,27)(H,24,26)/t15-,16-/m0/s1. The Hall–Kier alpha value is -2.73. The minimum atomic E-state index is -0.461. The molecule has 1 fully saturated rings. The Bertz CT molecular complexity index is 797. The molecule has 2 aromatic rings. The van der Waals surface area contributed by atoms with Crippen molar-refractivity contribution in [1.29, 1.82) is 0 Å². The lowest BCUT2D eigenvalue weighted by molar-refractivity contribution is -0.125. The Labute approximate surface area is 158 Å². The number of anilines is 2. The highest BCUT2D eigenvalue weighted by Gasteiger charge is 2.31. The van der Waals surface area contributed by atoms with Gasteiger partial charge in [0.2, 0.25) is 11.8 Å². The molecule has 3 rings (SSSR count). The molecule has 2 aromatic carbocycles. The van der Waals surface area contributed by atoms with Gasteiger partial charge in [-0.1, -0.05) is 30.3 Å². The van der Waals surface area contributed by atoms with Crippen LogP contribution in [0.3, 0.4) is 0 Å². The summed E-state index contributed by atoms with van der Waals surface area (Å²) in [5.41, 5.74) is 0.940. The molecule has 142 valence electrons. The van der Waals surface area contributed by atoms with Crippen LogP contribution in [0.2, 0.25) is 0 Å². The fraction of sp³-hybridized carbons (Fsp3) is 0.333. The Balaban J connectivity index is 1.59. The first-order valence-electron chi connectivity index (χ1n) is 9.20. The smallest absolute Gasteiger partial charge is 0.241 e. The molecule has 2 atom stereocenters. The van der Waals surface area contributed by atoms with Gasteiger partial charge in [0.15, 0.2) is 0 Å². The van der Waals surface area contributed by atoms with Gasteiger partial charge in [0, 0.05) is 12.2 Å². The van der Waals surface area contributed by atoms with E-state index in [2.05, 4.69) is 10.6 Å². The third kappa shape index (κ3) is 4.92. The van der Waals surface area contributed by atoms with E-state index in [1.165, 1.54) is 12.1 Å². The van der Waals surface area contributed by atoms with Gasteiger partial charge in [-0.2, -0.15) is 0 Å². The third-order valence-electron chi connectivity index (χ3n) is 4.92. The predicted octanol–water partition coefficient (Wildman–Crippen LogP) is 3.50. The highest BCUT2D eigenvalue weighted by Crippen LogP contribution is 2.21. The number of benzene rings is 2. The SMILES string of the molecule is C[C@@H](C(=O)Nc1ccccc1F)N1CCC[C@H](C(=O)Nc2ccccc2)C1. The van der Waals surface area contributed by atoms with E-state index in [0.717, 1.165) is 25.1 Å². The van der Waals surface area contributed by atoms with Crippen molar-refractivity contribution in [3.8, 4) is 0 Å². The van der Waals surface area contributed by atoms with Gasteiger partial charge in [-0.05, 0) is 50.6 Å². The van der Waals surface area contributed by atoms with Crippen LogP contribution >= 0.6 is 0 Å². The summed E-state index contributed by atoms with van der Waals surface area (Å²) < 4.78 is 13.7. The molecule has 1 heterocycles. The average Bonchev–Trinajstić information content (AvgIpc) is 2.70. The maximum absolute atomic E-state index is 13.7. The van der Waals surface area contributed by atoms with E-state index in [1.54, 1.807) is 19.1 Å². The quantitative estimate of drug-likeness (QED) is 0.848. The molecule has 0 saturated carbocycles. The molecule has 6 heteroatoms. The van der Waals surface area contributed by atoms with Crippen LogP contribution in [0.4, 0.5) is 15.8 Å². The van der Waals surface area contributed by atoms with E-state index in [-0.39, 0.29) is 23.4 Å². The van der Waals surface area contributed by atoms with Crippen LogP contribution in [0.1, 0.15) is 19.8 Å². The van der Waals surface area contributed by atoms with E-state index in [9.17, 15) is 14.0 Å². The van der Waals surface area contributed by atoms with Crippen LogP contribution in [-0.4, -0.2) is 35.8 Å². The summed E-state index contributed by atoms with van der Waals surface area (Å²) in [5, 5.41) is 5.57. The van der Waals surface area contributed by atoms with Crippen LogP contribution < -0.4 is 10.6 Å². The van der Waals surface area contributed by atoms with Crippen LogP contribution in [0, 0.1) is 11.7 Å². The first kappa shape index (κ1) is 19.0. The molecule has 0 spiro atoms. The number of nitrogens with one attached hydrogen (secondary N) is 2. The van der Waals surface area contributed by atoms with Crippen molar-refractivity contribution < 1.29 is 14.0 Å². The largest absolute Gasteiger partial charge is 0.326 e. The summed E-state index contributed by atoms with van der Waals surface area (Å²) in [5.74, 6) is -0.948. The second-order valence-corrected chi connectivity index (χ2v) is 6.83. The molecule has 0 aliphatic carbocycles. The molecule has 27 heavy (non-hydrogen) atoms. The summed E-state index contributed by atoms with van der Waals surface area (Å²) in [7, 11) is 0. The minimum Gasteiger partial charge on any atom is -0.326 e. The average molecular weight is 369 g/mol. The molecule has 2 amide bonds. The summed E-state index contributed by atoms with van der Waals surface area (Å²) in [6.07, 6.45) is 1.63. The van der Waals surface area contributed by atoms with E-state index in [0.29, 0.717) is 6.54 Å². The van der Waals surface area contributed by atoms with E-state index in [1.807, 2.05) is 35.2 Å². The second kappa shape index (κ2) is 8.77. The van der Waals surface area contributed by atoms with Crippen molar-refractivity contribution in [3.05, 3.63) is 60.4 Å². The molecule has 2 N–H and O–H groups in total. The lowest BCUT2D eigenvalue weighted by atomic mass is 9.95. The highest BCUT2D eigenvalue weighted by atomic mass is 19.1. The number of carbonyl (C=O) groups excluding carboxylic acids is 2. The van der Waals surface area contributed by atoms with E-state index < -0.39 is 11.9 Å². The van der Waals surface area contributed by atoms with Crippen LogP contribution in [0.25, 0.3) is 0 Å². The zero-order valence-electron chi connectivity index (χ0n) is 15.3. The first-order chi connectivity index (χ1) is 13.0. The van der Waals surface area contributed by atoms with Crippen molar-refractivity contribution in [2.24, 2.45) is 5.92 Å². The summed E-state index contributed by atoms with van der Waals surface area (Å²) in [4.78, 5) is 27.0. The van der Waals surface area contributed by atoms with Crippen LogP contribution in [-0.2, 0) is 9.59 Å². The molecule has 0 aromatic heterocycles. The van der Waals surface area contributed by atoms with Crippen molar-refractivity contribution >= 4 is 23.2 Å². The van der Waals surface area contributed by atoms with Gasteiger partial charge in [0.25, 0.3) is 0 Å². The molecule has 1 aliphatic heterocycles. The molecule has 1 aliphatic rings. The normalized spacial score (nSPS) is 18.5. The van der Waals surface area contributed by atoms with E-state index in [4.69, 9.17) is 0 Å². The molecule has 0 radical (unpaired) electrons. The number of halogens is 1. The fourth-order valence-corrected chi connectivity index (χ4v) is 3.30. The molecule has 0 unspecified atom stereocenters. The molecular weight excluding hydrogens is 345 g/mol. The van der Waals surface area contributed by atoms with Gasteiger partial charge in [-0.3, -0.25) is 14.5 Å². The predicted molar refractivity (Wildman–Crippen MR) is 104 cm³/mol. The lowest BCUT2D eigenvalue weighted by Gasteiger charge is -2.35. The van der Waals surface area contributed by atoms with Gasteiger partial charge in [-0.15, -0.1) is 0 Å². The van der Waals surface area contributed by atoms with Gasteiger partial charge in [0.1, 0.15) is 5.82 Å². The molecule has 1 saturated heterocycles. The lowest BCUT2D eigenvalue weighted by Crippen LogP contribution is -2.49. The summed E-state index contributed by atoms with van der Waals surface area (Å²) in [6.45, 7) is 3.03. The number of nitrogens with zero attached hydrogens (tertiary/aromatic N) is 1. The maximum Gasteiger partial charge on any atom is 0.241 e. The number of para-hydroxylation sites is 2. The maximum atomic E-state index is 13.7. The number of carbonyl (C=O) groups is 2. The van der Waals surface area contributed by atoms with Crippen molar-refractivity contribution in [2.45, 2.75) is 25.8 Å². The van der Waals surface area contributed by atoms with Gasteiger partial charge in [-0.25, -0.2) is 4.39 Å². The molecule has 0 bridgehead atoms. The molecular formula is C21H24FN3O2. The Kier molecular flexibility index (Phi) is 6.19. The van der Waals surface area contributed by atoms with Crippen LogP contribution in [0.5, 0.6) is 0 Å². The van der Waals surface area contributed by atoms with E-state index >= 15 is 0 Å². The van der Waals surface area contributed by atoms with Gasteiger partial charge in [0.05, 0.1) is 17.6 Å². The van der Waals surface area contributed by atoms with Crippen LogP contribution in [0.15, 0.2) is 54.6 Å². The fourth-order valence-electron chi connectivity index (χ4n) is 3.30. The Morgan fingerprint density at radius 1 is 1.07 bits per heavy atom. The monoisotopic (exact) mass is 369 g/mol. The van der Waals surface area contributed by atoms with Crippen molar-refractivity contribution in [1.82, 2.24) is 4.90 Å². The second-order valence-electron chi connectivity index (χ2n) is 6.83. The zero-order valence-corrected chi connectivity index (χ0v) is 15.3. The Morgan fingerprint density at radius 2 is 1.78 bits per heavy atom. The number of likely N-dealkylation sites (tertiary alicyclic amines) is 1. The minimum absolute atomic E-state index is 0.0346. The zero-order chi connectivity index (χ0) is 19.2. The number of piperidine rings is 1. The summed E-state index contributed by atoms with van der Waals surface area (Å²) in [6, 6.07) is 15.0. The van der Waals surface area contributed by atoms with Crippen molar-refractivity contribution in [2.75, 3.05) is 23.7 Å². The first-order valence-corrected chi connectivity index (χ1v) is 9.20. The number of rotatable bonds is 5.